The molecular formula is C31H52N4O5. The highest BCUT2D eigenvalue weighted by atomic mass is 16.5. The van der Waals surface area contributed by atoms with Crippen molar-refractivity contribution in [3.63, 3.8) is 0 Å². The summed E-state index contributed by atoms with van der Waals surface area (Å²) < 4.78 is 5.73. The number of hydrogen-bond acceptors (Lipinski definition) is 6. The van der Waals surface area contributed by atoms with Gasteiger partial charge in [0.1, 0.15) is 18.2 Å². The minimum Gasteiger partial charge on any atom is -0.461 e. The molecule has 0 aromatic carbocycles. The average Bonchev–Trinajstić information content (AvgIpc) is 3.61. The van der Waals surface area contributed by atoms with E-state index in [1.54, 1.807) is 23.8 Å². The number of amides is 3. The maximum atomic E-state index is 13.8. The highest BCUT2D eigenvalue weighted by Crippen LogP contribution is 2.26. The third-order valence-electron chi connectivity index (χ3n) is 8.91. The third-order valence-corrected chi connectivity index (χ3v) is 8.91. The molecule has 9 nitrogen and oxygen atoms in total. The van der Waals surface area contributed by atoms with Gasteiger partial charge in [0.2, 0.25) is 17.7 Å². The van der Waals surface area contributed by atoms with Gasteiger partial charge in [-0.25, -0.2) is 4.79 Å². The fourth-order valence-electron chi connectivity index (χ4n) is 6.34. The SMILES string of the molecule is C/C(=C\[C@H](C(C)C)N(C)C(=O)C(NC(=O)C1CCCCN1C)C(C)C)C(=O)N1CCC[C@H]1C(=O)OC1CCCC1. The van der Waals surface area contributed by atoms with Gasteiger partial charge in [-0.3, -0.25) is 19.3 Å². The van der Waals surface area contributed by atoms with Crippen LogP contribution in [0.25, 0.3) is 0 Å². The maximum Gasteiger partial charge on any atom is 0.329 e. The first-order chi connectivity index (χ1) is 18.9. The molecule has 0 spiro atoms. The fraction of sp³-hybridized carbons (Fsp3) is 0.806. The smallest absolute Gasteiger partial charge is 0.329 e. The first-order valence-corrected chi connectivity index (χ1v) is 15.4. The van der Waals surface area contributed by atoms with Crippen LogP contribution < -0.4 is 5.32 Å². The Hall–Kier alpha value is -2.42. The molecular weight excluding hydrogens is 508 g/mol. The number of piperidine rings is 1. The molecule has 2 unspecified atom stereocenters. The Balaban J connectivity index is 1.70. The summed E-state index contributed by atoms with van der Waals surface area (Å²) in [4.78, 5) is 58.7. The van der Waals surface area contributed by atoms with Crippen molar-refractivity contribution in [2.75, 3.05) is 27.2 Å². The van der Waals surface area contributed by atoms with E-state index < -0.39 is 12.1 Å². The molecule has 0 radical (unpaired) electrons. The number of nitrogens with one attached hydrogen (secondary N) is 1. The van der Waals surface area contributed by atoms with Gasteiger partial charge in [-0.15, -0.1) is 0 Å². The first-order valence-electron chi connectivity index (χ1n) is 15.4. The molecule has 3 aliphatic rings. The van der Waals surface area contributed by atoms with Crippen molar-refractivity contribution in [1.29, 1.82) is 0 Å². The molecule has 0 bridgehead atoms. The maximum absolute atomic E-state index is 13.8. The summed E-state index contributed by atoms with van der Waals surface area (Å²) in [6.07, 6.45) is 10.0. The zero-order valence-corrected chi connectivity index (χ0v) is 25.8. The Kier molecular flexibility index (Phi) is 11.6. The lowest BCUT2D eigenvalue weighted by atomic mass is 9.96. The number of esters is 1. The first kappa shape index (κ1) is 32.1. The summed E-state index contributed by atoms with van der Waals surface area (Å²) in [5, 5.41) is 3.04. The van der Waals surface area contributed by atoms with E-state index >= 15 is 0 Å². The number of likely N-dealkylation sites (tertiary alicyclic amines) is 2. The van der Waals surface area contributed by atoms with Crippen LogP contribution in [0, 0.1) is 11.8 Å². The molecule has 1 saturated carbocycles. The number of hydrogen-bond donors (Lipinski definition) is 1. The van der Waals surface area contributed by atoms with Crippen molar-refractivity contribution in [2.45, 2.75) is 123 Å². The van der Waals surface area contributed by atoms with E-state index in [4.69, 9.17) is 4.74 Å². The topological polar surface area (TPSA) is 99.3 Å². The number of carbonyl (C=O) groups excluding carboxylic acids is 4. The van der Waals surface area contributed by atoms with E-state index in [0.29, 0.717) is 18.5 Å². The van der Waals surface area contributed by atoms with Gasteiger partial charge in [-0.1, -0.05) is 40.2 Å². The molecule has 9 heteroatoms. The summed E-state index contributed by atoms with van der Waals surface area (Å²) >= 11 is 0. The zero-order valence-electron chi connectivity index (χ0n) is 25.8. The summed E-state index contributed by atoms with van der Waals surface area (Å²) in [6.45, 7) is 11.1. The van der Waals surface area contributed by atoms with Gasteiger partial charge in [0.05, 0.1) is 12.1 Å². The third kappa shape index (κ3) is 7.86. The van der Waals surface area contributed by atoms with E-state index in [-0.39, 0.29) is 53.7 Å². The van der Waals surface area contributed by atoms with Gasteiger partial charge < -0.3 is 19.9 Å². The van der Waals surface area contributed by atoms with Gasteiger partial charge in [0, 0.05) is 19.2 Å². The fourth-order valence-corrected chi connectivity index (χ4v) is 6.34. The zero-order chi connectivity index (χ0) is 29.6. The van der Waals surface area contributed by atoms with Crippen LogP contribution in [-0.2, 0) is 23.9 Å². The monoisotopic (exact) mass is 560 g/mol. The number of nitrogens with zero attached hydrogens (tertiary/aromatic N) is 3. The molecule has 4 atom stereocenters. The van der Waals surface area contributed by atoms with Gasteiger partial charge in [-0.2, -0.15) is 0 Å². The Morgan fingerprint density at radius 3 is 2.10 bits per heavy atom. The lowest BCUT2D eigenvalue weighted by Crippen LogP contribution is -2.57. The van der Waals surface area contributed by atoms with E-state index in [1.807, 2.05) is 40.8 Å². The summed E-state index contributed by atoms with van der Waals surface area (Å²) in [5.74, 6) is -0.815. The average molecular weight is 561 g/mol. The van der Waals surface area contributed by atoms with Crippen molar-refractivity contribution < 1.29 is 23.9 Å². The quantitative estimate of drug-likeness (QED) is 0.324. The van der Waals surface area contributed by atoms with Crippen LogP contribution in [0.2, 0.25) is 0 Å². The molecule has 0 aromatic heterocycles. The Labute approximate surface area is 241 Å². The van der Waals surface area contributed by atoms with Gasteiger partial charge in [0.25, 0.3) is 0 Å². The van der Waals surface area contributed by atoms with Crippen molar-refractivity contribution in [1.82, 2.24) is 20.0 Å². The molecule has 1 aliphatic carbocycles. The summed E-state index contributed by atoms with van der Waals surface area (Å²) in [7, 11) is 3.70. The van der Waals surface area contributed by atoms with Crippen LogP contribution in [-0.4, -0.2) is 95.8 Å². The van der Waals surface area contributed by atoms with E-state index in [0.717, 1.165) is 57.9 Å². The standard InChI is InChI=1S/C31H52N4O5/c1-20(2)26(34(7)30(38)27(21(3)4)32-28(36)24-15-10-11-17-33(24)6)19-22(5)29(37)35-18-12-16-25(35)31(39)40-23-13-8-9-14-23/h19-21,23-27H,8-18H2,1-7H3,(H,32,36)/b22-19+/t24?,25-,26+,27?/m0/s1. The second-order valence-corrected chi connectivity index (χ2v) is 12.8. The molecule has 0 aromatic rings. The number of ether oxygens (including phenoxy) is 1. The minimum absolute atomic E-state index is 0.0282. The molecule has 3 rings (SSSR count). The van der Waals surface area contributed by atoms with Crippen LogP contribution in [0.4, 0.5) is 0 Å². The molecule has 2 aliphatic heterocycles. The number of rotatable bonds is 10. The van der Waals surface area contributed by atoms with Crippen molar-refractivity contribution in [2.24, 2.45) is 11.8 Å². The molecule has 1 N–H and O–H groups in total. The molecule has 226 valence electrons. The Bertz CT molecular complexity index is 942. The molecule has 2 saturated heterocycles. The highest BCUT2D eigenvalue weighted by Gasteiger charge is 2.38. The predicted molar refractivity (Wildman–Crippen MR) is 155 cm³/mol. The van der Waals surface area contributed by atoms with Gasteiger partial charge >= 0.3 is 5.97 Å². The molecule has 40 heavy (non-hydrogen) atoms. The van der Waals surface area contributed by atoms with Crippen molar-refractivity contribution in [3.05, 3.63) is 11.6 Å². The molecule has 3 amide bonds. The largest absolute Gasteiger partial charge is 0.461 e. The minimum atomic E-state index is -0.660. The molecule has 2 heterocycles. The second-order valence-electron chi connectivity index (χ2n) is 12.8. The highest BCUT2D eigenvalue weighted by molar-refractivity contribution is 5.96. The van der Waals surface area contributed by atoms with Crippen LogP contribution in [0.15, 0.2) is 11.6 Å². The Morgan fingerprint density at radius 2 is 1.50 bits per heavy atom. The van der Waals surface area contributed by atoms with Crippen molar-refractivity contribution in [3.8, 4) is 0 Å². The lowest BCUT2D eigenvalue weighted by Gasteiger charge is -2.36. The van der Waals surface area contributed by atoms with Crippen LogP contribution in [0.1, 0.15) is 92.4 Å². The van der Waals surface area contributed by atoms with Gasteiger partial charge in [-0.05, 0) is 83.7 Å². The predicted octanol–water partition coefficient (Wildman–Crippen LogP) is 3.52. The van der Waals surface area contributed by atoms with Crippen LogP contribution in [0.3, 0.4) is 0 Å². The van der Waals surface area contributed by atoms with E-state index in [9.17, 15) is 19.2 Å². The van der Waals surface area contributed by atoms with Crippen LogP contribution in [0.5, 0.6) is 0 Å². The van der Waals surface area contributed by atoms with Crippen LogP contribution >= 0.6 is 0 Å². The number of carbonyl (C=O) groups is 4. The Morgan fingerprint density at radius 1 is 0.875 bits per heavy atom. The normalized spacial score (nSPS) is 24.3. The lowest BCUT2D eigenvalue weighted by molar-refractivity contribution is -0.157. The van der Waals surface area contributed by atoms with E-state index in [2.05, 4.69) is 10.2 Å². The summed E-state index contributed by atoms with van der Waals surface area (Å²) in [5.41, 5.74) is 0.507. The molecule has 3 fully saturated rings. The van der Waals surface area contributed by atoms with Crippen molar-refractivity contribution >= 4 is 23.7 Å². The summed E-state index contributed by atoms with van der Waals surface area (Å²) in [6, 6.07) is -1.78. The number of likely N-dealkylation sites (N-methyl/N-ethyl adjacent to an activating group) is 2. The van der Waals surface area contributed by atoms with E-state index in [1.165, 1.54) is 0 Å². The second kappa shape index (κ2) is 14.5. The van der Waals surface area contributed by atoms with Gasteiger partial charge in [0.15, 0.2) is 0 Å².